The van der Waals surface area contributed by atoms with Crippen LogP contribution in [0.2, 0.25) is 0 Å². The molecule has 2 N–H and O–H groups in total. The SMILES string of the molecule is O.S.[Fe].[LiH]. The summed E-state index contributed by atoms with van der Waals surface area (Å²) in [6.45, 7) is 0. The van der Waals surface area contributed by atoms with Gasteiger partial charge in [-0.3, -0.25) is 0 Å². The molecule has 1 nitrogen and oxygen atoms in total. The van der Waals surface area contributed by atoms with E-state index < -0.39 is 0 Å². The van der Waals surface area contributed by atoms with Crippen LogP contribution in [0.3, 0.4) is 0 Å². The molecule has 0 aliphatic rings. The van der Waals surface area contributed by atoms with Gasteiger partial charge in [-0.25, -0.2) is 0 Å². The van der Waals surface area contributed by atoms with Gasteiger partial charge in [-0.15, -0.1) is 0 Å². The monoisotopic (exact) mass is 116 g/mol. The average molecular weight is 116 g/mol. The zero-order valence-electron chi connectivity index (χ0n) is 1.35. The summed E-state index contributed by atoms with van der Waals surface area (Å²) < 4.78 is 0. The Morgan fingerprint density at radius 1 is 1.00 bits per heavy atom. The molecule has 0 radical (unpaired) electrons. The Bertz CT molecular complexity index is 8.00. The Morgan fingerprint density at radius 3 is 1.00 bits per heavy atom. The van der Waals surface area contributed by atoms with E-state index in [1.807, 2.05) is 0 Å². The van der Waals surface area contributed by atoms with Gasteiger partial charge in [0.05, 0.1) is 0 Å². The summed E-state index contributed by atoms with van der Waals surface area (Å²) in [6, 6.07) is 0. The van der Waals surface area contributed by atoms with Crippen LogP contribution in [0.5, 0.6) is 0 Å². The molecule has 0 amide bonds. The molecular formula is H5FeLiOS. The molecule has 0 fully saturated rings. The summed E-state index contributed by atoms with van der Waals surface area (Å²) in [7, 11) is 0. The predicted molar refractivity (Wildman–Crippen MR) is 21.1 cm³/mol. The van der Waals surface area contributed by atoms with Crippen molar-refractivity contribution in [1.29, 1.82) is 0 Å². The van der Waals surface area contributed by atoms with Gasteiger partial charge in [-0.05, 0) is 0 Å². The summed E-state index contributed by atoms with van der Waals surface area (Å²) >= 11 is 0. The van der Waals surface area contributed by atoms with E-state index in [9.17, 15) is 0 Å². The topological polar surface area (TPSA) is 31.5 Å². The molecule has 0 aliphatic heterocycles. The van der Waals surface area contributed by atoms with Crippen molar-refractivity contribution in [3.05, 3.63) is 0 Å². The van der Waals surface area contributed by atoms with Crippen molar-refractivity contribution in [2.75, 3.05) is 0 Å². The van der Waals surface area contributed by atoms with Gasteiger partial charge in [0, 0.05) is 17.1 Å². The van der Waals surface area contributed by atoms with Crippen LogP contribution in [0.25, 0.3) is 0 Å². The van der Waals surface area contributed by atoms with Crippen molar-refractivity contribution in [3.63, 3.8) is 0 Å². The van der Waals surface area contributed by atoms with Crippen LogP contribution in [0, 0.1) is 0 Å². The van der Waals surface area contributed by atoms with Crippen LogP contribution in [0.15, 0.2) is 0 Å². The van der Waals surface area contributed by atoms with Gasteiger partial charge in [0.1, 0.15) is 0 Å². The molecular weight excluding hydrogens is 111 g/mol. The Labute approximate surface area is 54.9 Å². The Morgan fingerprint density at radius 2 is 1.00 bits per heavy atom. The van der Waals surface area contributed by atoms with Crippen LogP contribution in [-0.4, -0.2) is 24.3 Å². The second-order valence-electron chi connectivity index (χ2n) is 0. The molecule has 0 aromatic rings. The van der Waals surface area contributed by atoms with Crippen LogP contribution in [0.4, 0.5) is 0 Å². The van der Waals surface area contributed by atoms with E-state index in [2.05, 4.69) is 0 Å². The molecule has 0 atom stereocenters. The first-order chi connectivity index (χ1) is 0. The maximum atomic E-state index is 0. The van der Waals surface area contributed by atoms with Crippen molar-refractivity contribution < 1.29 is 22.5 Å². The van der Waals surface area contributed by atoms with E-state index in [0.29, 0.717) is 0 Å². The summed E-state index contributed by atoms with van der Waals surface area (Å²) in [5.74, 6) is 0. The average Bonchev–Trinajstić information content (AvgIpc) is 0. The first kappa shape index (κ1) is 52.2. The molecule has 0 aromatic carbocycles. The molecule has 0 spiro atoms. The Balaban J connectivity index is 0. The van der Waals surface area contributed by atoms with Crippen LogP contribution < -0.4 is 0 Å². The summed E-state index contributed by atoms with van der Waals surface area (Å²) in [6.07, 6.45) is 0. The second kappa shape index (κ2) is 25.5. The molecule has 0 saturated heterocycles. The summed E-state index contributed by atoms with van der Waals surface area (Å²) in [4.78, 5) is 0. The van der Waals surface area contributed by atoms with Crippen LogP contribution in [-0.2, 0) is 17.1 Å². The second-order valence-corrected chi connectivity index (χ2v) is 0. The minimum atomic E-state index is 0. The number of hydrogen-bond donors (Lipinski definition) is 0. The van der Waals surface area contributed by atoms with E-state index >= 15 is 0 Å². The normalized spacial score (nSPS) is 0. The number of hydrogen-bond acceptors (Lipinski definition) is 0. The van der Waals surface area contributed by atoms with E-state index in [0.717, 1.165) is 0 Å². The van der Waals surface area contributed by atoms with Gasteiger partial charge in [0.15, 0.2) is 0 Å². The first-order valence-corrected chi connectivity index (χ1v) is 0. The molecule has 4 heavy (non-hydrogen) atoms. The molecule has 0 aliphatic carbocycles. The zero-order chi connectivity index (χ0) is 0. The van der Waals surface area contributed by atoms with Crippen LogP contribution in [0.1, 0.15) is 0 Å². The van der Waals surface area contributed by atoms with Gasteiger partial charge in [-0.1, -0.05) is 0 Å². The quantitative estimate of drug-likeness (QED) is 0.350. The third-order valence-electron chi connectivity index (χ3n) is 0. The van der Waals surface area contributed by atoms with E-state index in [1.54, 1.807) is 0 Å². The third kappa shape index (κ3) is 9.91. The van der Waals surface area contributed by atoms with Gasteiger partial charge >= 0.3 is 18.9 Å². The summed E-state index contributed by atoms with van der Waals surface area (Å²) in [5.41, 5.74) is 0. The van der Waals surface area contributed by atoms with Gasteiger partial charge in [0.25, 0.3) is 0 Å². The van der Waals surface area contributed by atoms with Gasteiger partial charge in [0.2, 0.25) is 0 Å². The molecule has 0 rings (SSSR count). The molecule has 26 valence electrons. The Hall–Kier alpha value is 1.43. The summed E-state index contributed by atoms with van der Waals surface area (Å²) in [5, 5.41) is 0. The van der Waals surface area contributed by atoms with E-state index in [4.69, 9.17) is 0 Å². The minimum absolute atomic E-state index is 0. The fourth-order valence-corrected chi connectivity index (χ4v) is 0. The van der Waals surface area contributed by atoms with Crippen molar-refractivity contribution in [2.45, 2.75) is 0 Å². The van der Waals surface area contributed by atoms with Gasteiger partial charge < -0.3 is 5.48 Å². The third-order valence-corrected chi connectivity index (χ3v) is 0. The van der Waals surface area contributed by atoms with E-state index in [1.165, 1.54) is 0 Å². The zero-order valence-corrected chi connectivity index (χ0v) is 3.46. The number of rotatable bonds is 0. The van der Waals surface area contributed by atoms with Crippen molar-refractivity contribution in [1.82, 2.24) is 0 Å². The molecule has 0 unspecified atom stereocenters. The molecule has 0 heterocycles. The molecule has 4 heteroatoms. The molecule has 0 aromatic heterocycles. The fraction of sp³-hybridized carbons (Fsp3) is 0. The standard InChI is InChI=1S/Fe.Li.H2O.H2S.H/h;;2*1H2;. The maximum absolute atomic E-state index is 0. The molecule has 0 bridgehead atoms. The van der Waals surface area contributed by atoms with Crippen molar-refractivity contribution in [3.8, 4) is 0 Å². The van der Waals surface area contributed by atoms with Crippen molar-refractivity contribution >= 4 is 32.4 Å². The van der Waals surface area contributed by atoms with Crippen molar-refractivity contribution in [2.24, 2.45) is 0 Å². The Kier molecular flexibility index (Phi) is 333. The predicted octanol–water partition coefficient (Wildman–Crippen LogP) is -1.36. The van der Waals surface area contributed by atoms with Crippen LogP contribution >= 0.6 is 13.5 Å². The molecule has 0 saturated carbocycles. The van der Waals surface area contributed by atoms with Gasteiger partial charge in [-0.2, -0.15) is 13.5 Å². The fourth-order valence-electron chi connectivity index (χ4n) is 0. The first-order valence-electron chi connectivity index (χ1n) is 0. The van der Waals surface area contributed by atoms with E-state index in [-0.39, 0.29) is 54.9 Å².